The Kier molecular flexibility index (Phi) is 3.27. The Labute approximate surface area is 117 Å². The van der Waals surface area contributed by atoms with Crippen LogP contribution in [0.15, 0.2) is 24.5 Å². The minimum Gasteiger partial charge on any atom is -0.302 e. The van der Waals surface area contributed by atoms with Crippen LogP contribution in [0.2, 0.25) is 5.02 Å². The van der Waals surface area contributed by atoms with E-state index in [2.05, 4.69) is 4.98 Å². The molecule has 1 aliphatic heterocycles. The Balaban J connectivity index is 1.88. The van der Waals surface area contributed by atoms with Crippen LogP contribution in [0.4, 0.5) is 0 Å². The number of aromatic nitrogens is 2. The van der Waals surface area contributed by atoms with Crippen LogP contribution in [0.25, 0.3) is 5.52 Å². The lowest BCUT2D eigenvalue weighted by molar-refractivity contribution is 0.475. The number of rotatable bonds is 2. The van der Waals surface area contributed by atoms with Gasteiger partial charge in [0, 0.05) is 12.6 Å². The Bertz CT molecular complexity index is 709. The first-order valence-electron chi connectivity index (χ1n) is 6.36. The van der Waals surface area contributed by atoms with Crippen molar-refractivity contribution in [3.05, 3.63) is 35.4 Å². The minimum absolute atomic E-state index is 0.170. The summed E-state index contributed by atoms with van der Waals surface area (Å²) in [6.45, 7) is 0. The maximum Gasteiger partial charge on any atom is 0.150 e. The van der Waals surface area contributed by atoms with E-state index in [9.17, 15) is 8.42 Å². The highest BCUT2D eigenvalue weighted by molar-refractivity contribution is 7.91. The van der Waals surface area contributed by atoms with Crippen LogP contribution in [-0.2, 0) is 16.3 Å². The fourth-order valence-electron chi connectivity index (χ4n) is 2.73. The second-order valence-electron chi connectivity index (χ2n) is 5.11. The number of nitrogens with zero attached hydrogens (tertiary/aromatic N) is 2. The molecule has 3 rings (SSSR count). The zero-order valence-corrected chi connectivity index (χ0v) is 12.0. The van der Waals surface area contributed by atoms with Crippen molar-refractivity contribution in [1.29, 1.82) is 0 Å². The van der Waals surface area contributed by atoms with E-state index in [-0.39, 0.29) is 11.7 Å². The zero-order valence-electron chi connectivity index (χ0n) is 10.4. The van der Waals surface area contributed by atoms with Gasteiger partial charge in [-0.05, 0) is 30.9 Å². The van der Waals surface area contributed by atoms with Crippen LogP contribution in [-0.4, -0.2) is 29.3 Å². The van der Waals surface area contributed by atoms with E-state index in [1.165, 1.54) is 0 Å². The van der Waals surface area contributed by atoms with Crippen molar-refractivity contribution in [2.24, 2.45) is 5.92 Å². The van der Waals surface area contributed by atoms with Crippen LogP contribution >= 0.6 is 11.6 Å². The van der Waals surface area contributed by atoms with Crippen LogP contribution in [0.1, 0.15) is 18.7 Å². The van der Waals surface area contributed by atoms with Gasteiger partial charge in [0.2, 0.25) is 0 Å². The van der Waals surface area contributed by atoms with Gasteiger partial charge in [0.25, 0.3) is 0 Å². The van der Waals surface area contributed by atoms with E-state index in [1.807, 2.05) is 22.7 Å². The van der Waals surface area contributed by atoms with E-state index in [0.29, 0.717) is 17.2 Å². The van der Waals surface area contributed by atoms with Gasteiger partial charge in [-0.3, -0.25) is 0 Å². The Morgan fingerprint density at radius 3 is 3.11 bits per heavy atom. The van der Waals surface area contributed by atoms with Gasteiger partial charge in [0.1, 0.15) is 5.82 Å². The molecule has 0 amide bonds. The Hall–Kier alpha value is -1.07. The quantitative estimate of drug-likeness (QED) is 0.855. The summed E-state index contributed by atoms with van der Waals surface area (Å²) in [6.07, 6.45) is 6.06. The highest BCUT2D eigenvalue weighted by Crippen LogP contribution is 2.24. The van der Waals surface area contributed by atoms with Crippen molar-refractivity contribution >= 4 is 27.0 Å². The molecule has 19 heavy (non-hydrogen) atoms. The van der Waals surface area contributed by atoms with E-state index < -0.39 is 9.84 Å². The van der Waals surface area contributed by atoms with Crippen molar-refractivity contribution < 1.29 is 8.42 Å². The second-order valence-corrected chi connectivity index (χ2v) is 7.75. The third-order valence-corrected chi connectivity index (χ3v) is 5.83. The van der Waals surface area contributed by atoms with Gasteiger partial charge >= 0.3 is 0 Å². The number of fused-ring (bicyclic) bond motifs is 1. The molecule has 0 aromatic carbocycles. The first-order chi connectivity index (χ1) is 9.05. The van der Waals surface area contributed by atoms with Crippen molar-refractivity contribution in [1.82, 2.24) is 9.38 Å². The van der Waals surface area contributed by atoms with E-state index in [0.717, 1.165) is 24.2 Å². The molecular formula is C13H15ClN2O2S. The summed E-state index contributed by atoms with van der Waals surface area (Å²) in [6, 6.07) is 3.70. The SMILES string of the molecule is O=S1(=O)CCCC(Cc2ncc3c(Cl)cccn23)C1. The van der Waals surface area contributed by atoms with Crippen LogP contribution < -0.4 is 0 Å². The summed E-state index contributed by atoms with van der Waals surface area (Å²) in [4.78, 5) is 4.38. The number of hydrogen-bond donors (Lipinski definition) is 0. The lowest BCUT2D eigenvalue weighted by atomic mass is 10.0. The summed E-state index contributed by atoms with van der Waals surface area (Å²) >= 11 is 6.10. The highest BCUT2D eigenvalue weighted by atomic mass is 35.5. The number of pyridine rings is 1. The third kappa shape index (κ3) is 2.62. The molecular weight excluding hydrogens is 284 g/mol. The molecule has 4 nitrogen and oxygen atoms in total. The smallest absolute Gasteiger partial charge is 0.150 e. The normalized spacial score (nSPS) is 22.7. The monoisotopic (exact) mass is 298 g/mol. The third-order valence-electron chi connectivity index (χ3n) is 3.62. The van der Waals surface area contributed by atoms with Crippen LogP contribution in [0.5, 0.6) is 0 Å². The largest absolute Gasteiger partial charge is 0.302 e. The first kappa shape index (κ1) is 12.9. The van der Waals surface area contributed by atoms with E-state index in [1.54, 1.807) is 6.20 Å². The fraction of sp³-hybridized carbons (Fsp3) is 0.462. The van der Waals surface area contributed by atoms with Crippen molar-refractivity contribution in [2.75, 3.05) is 11.5 Å². The molecule has 2 aromatic heterocycles. The van der Waals surface area contributed by atoms with Gasteiger partial charge in [-0.1, -0.05) is 11.6 Å². The van der Waals surface area contributed by atoms with Crippen LogP contribution in [0.3, 0.4) is 0 Å². The van der Waals surface area contributed by atoms with Gasteiger partial charge in [-0.25, -0.2) is 13.4 Å². The Morgan fingerprint density at radius 2 is 2.32 bits per heavy atom. The fourth-order valence-corrected chi connectivity index (χ4v) is 4.72. The molecule has 102 valence electrons. The molecule has 6 heteroatoms. The maximum absolute atomic E-state index is 11.7. The predicted octanol–water partition coefficient (Wildman–Crippen LogP) is 2.36. The predicted molar refractivity (Wildman–Crippen MR) is 75.3 cm³/mol. The van der Waals surface area contributed by atoms with Gasteiger partial charge < -0.3 is 4.40 Å². The topological polar surface area (TPSA) is 51.4 Å². The van der Waals surface area contributed by atoms with Gasteiger partial charge in [0.15, 0.2) is 9.84 Å². The van der Waals surface area contributed by atoms with Crippen molar-refractivity contribution in [2.45, 2.75) is 19.3 Å². The van der Waals surface area contributed by atoms with Crippen LogP contribution in [0, 0.1) is 5.92 Å². The van der Waals surface area contributed by atoms with E-state index in [4.69, 9.17) is 11.6 Å². The Morgan fingerprint density at radius 1 is 1.47 bits per heavy atom. The maximum atomic E-state index is 11.7. The zero-order chi connectivity index (χ0) is 13.5. The molecule has 0 spiro atoms. The number of halogens is 1. The molecule has 1 fully saturated rings. The standard InChI is InChI=1S/C13H15ClN2O2S/c14-11-4-1-5-16-12(11)8-15-13(16)7-10-3-2-6-19(17,18)9-10/h1,4-5,8,10H,2-3,6-7,9H2. The second kappa shape index (κ2) is 4.80. The highest BCUT2D eigenvalue weighted by Gasteiger charge is 2.25. The van der Waals surface area contributed by atoms with Gasteiger partial charge in [-0.2, -0.15) is 0 Å². The summed E-state index contributed by atoms with van der Waals surface area (Å²) in [7, 11) is -2.86. The molecule has 1 atom stereocenters. The first-order valence-corrected chi connectivity index (χ1v) is 8.56. The molecule has 1 saturated heterocycles. The minimum atomic E-state index is -2.86. The molecule has 1 unspecified atom stereocenters. The molecule has 3 heterocycles. The average Bonchev–Trinajstić information content (AvgIpc) is 2.73. The molecule has 2 aromatic rings. The van der Waals surface area contributed by atoms with Gasteiger partial charge in [-0.15, -0.1) is 0 Å². The summed E-state index contributed by atoms with van der Waals surface area (Å²) in [5, 5.41) is 0.664. The number of hydrogen-bond acceptors (Lipinski definition) is 3. The average molecular weight is 299 g/mol. The van der Waals surface area contributed by atoms with Crippen molar-refractivity contribution in [3.63, 3.8) is 0 Å². The van der Waals surface area contributed by atoms with E-state index >= 15 is 0 Å². The molecule has 0 aliphatic carbocycles. The summed E-state index contributed by atoms with van der Waals surface area (Å²) in [5.74, 6) is 1.67. The summed E-state index contributed by atoms with van der Waals surface area (Å²) < 4.78 is 25.3. The molecule has 1 aliphatic rings. The number of imidazole rings is 1. The molecule has 0 saturated carbocycles. The molecule has 0 N–H and O–H groups in total. The molecule has 0 radical (unpaired) electrons. The van der Waals surface area contributed by atoms with Crippen molar-refractivity contribution in [3.8, 4) is 0 Å². The summed E-state index contributed by atoms with van der Waals surface area (Å²) in [5.41, 5.74) is 0.873. The lowest BCUT2D eigenvalue weighted by Crippen LogP contribution is -2.27. The lowest BCUT2D eigenvalue weighted by Gasteiger charge is -2.21. The number of sulfone groups is 1. The van der Waals surface area contributed by atoms with Gasteiger partial charge in [0.05, 0.1) is 28.2 Å². The molecule has 0 bridgehead atoms.